The molecule has 2 aromatic heterocycles. The predicted molar refractivity (Wildman–Crippen MR) is 166 cm³/mol. The van der Waals surface area contributed by atoms with Crippen LogP contribution in [0.1, 0.15) is 5.48 Å². The lowest BCUT2D eigenvalue weighted by Crippen LogP contribution is -1.95. The van der Waals surface area contributed by atoms with Gasteiger partial charge >= 0.3 is 0 Å². The van der Waals surface area contributed by atoms with Crippen molar-refractivity contribution in [3.63, 3.8) is 0 Å². The molecule has 2 heteroatoms. The summed E-state index contributed by atoms with van der Waals surface area (Å²) in [6.07, 6.45) is 0. The second-order valence-electron chi connectivity index (χ2n) is 9.77. The van der Waals surface area contributed by atoms with Gasteiger partial charge in [-0.3, -0.25) is 0 Å². The fourth-order valence-electron chi connectivity index (χ4n) is 6.42. The lowest BCUT2D eigenvalue weighted by atomic mass is 9.95. The summed E-state index contributed by atoms with van der Waals surface area (Å²) in [5.41, 5.74) is 3.27. The number of hydrogen-bond donors (Lipinski definition) is 0. The topological polar surface area (TPSA) is 4.93 Å². The molecule has 0 aliphatic heterocycles. The highest BCUT2D eigenvalue weighted by Gasteiger charge is 2.24. The van der Waals surface area contributed by atoms with E-state index in [-0.39, 0.29) is 24.2 Å². The smallest absolute Gasteiger partial charge is 0.0638 e. The summed E-state index contributed by atoms with van der Waals surface area (Å²) in [7, 11) is 0. The minimum atomic E-state index is -0.195. The normalized spacial score (nSPS) is 13.7. The molecule has 0 atom stereocenters. The second kappa shape index (κ2) is 7.44. The molecule has 9 rings (SSSR count). The first-order valence-electron chi connectivity index (χ1n) is 14.7. The summed E-state index contributed by atoms with van der Waals surface area (Å²) in [6.45, 7) is 0. The molecule has 0 spiro atoms. The molecule has 176 valence electrons. The second-order valence-corrected chi connectivity index (χ2v) is 10.8. The van der Waals surface area contributed by atoms with Crippen molar-refractivity contribution >= 4 is 85.6 Å². The van der Waals surface area contributed by atoms with E-state index in [0.717, 1.165) is 59.1 Å². The minimum Gasteiger partial charge on any atom is -0.308 e. The van der Waals surface area contributed by atoms with E-state index in [1.807, 2.05) is 12.1 Å². The van der Waals surface area contributed by atoms with Crippen molar-refractivity contribution in [1.82, 2.24) is 4.57 Å². The Bertz CT molecular complexity index is 2620. The fraction of sp³-hybridized carbons (Fsp3) is 0. The molecule has 0 unspecified atom stereocenters. The number of thiophene rings is 1. The van der Waals surface area contributed by atoms with Gasteiger partial charge < -0.3 is 4.57 Å². The minimum absolute atomic E-state index is 0.0175. The average Bonchev–Trinajstić information content (AvgIpc) is 3.62. The van der Waals surface area contributed by atoms with Crippen LogP contribution in [0.25, 0.3) is 80.0 Å². The monoisotopic (exact) mass is 503 g/mol. The lowest BCUT2D eigenvalue weighted by molar-refractivity contribution is 1.19. The third kappa shape index (κ3) is 2.50. The van der Waals surface area contributed by atoms with Crippen LogP contribution in [-0.2, 0) is 0 Å². The number of rotatable bonds is 1. The number of nitrogens with zero attached hydrogens (tertiary/aromatic N) is 1. The average molecular weight is 504 g/mol. The van der Waals surface area contributed by atoms with Crippen molar-refractivity contribution in [3.8, 4) is 5.69 Å². The Morgan fingerprint density at radius 2 is 1.00 bits per heavy atom. The number of fused-ring (bicyclic) bond motifs is 15. The summed E-state index contributed by atoms with van der Waals surface area (Å²) >= 11 is 1.48. The zero-order valence-corrected chi connectivity index (χ0v) is 21.0. The third-order valence-electron chi connectivity index (χ3n) is 7.87. The molecule has 0 amide bonds. The van der Waals surface area contributed by atoms with Crippen LogP contribution in [0.3, 0.4) is 0 Å². The number of hydrogen-bond acceptors (Lipinski definition) is 1. The first kappa shape index (κ1) is 17.0. The predicted octanol–water partition coefficient (Wildman–Crippen LogP) is 10.6. The van der Waals surface area contributed by atoms with Gasteiger partial charge in [-0.15, -0.1) is 11.3 Å². The SMILES string of the molecule is [2H]c1c([2H])c([2H])c2c(sc3c2c2ccccc2c2c3c3c4ccccc4c4ccccc4c3n2-c2ccccc2)c1[2H]. The summed E-state index contributed by atoms with van der Waals surface area (Å²) in [5, 5.41) is 10.5. The maximum atomic E-state index is 8.96. The van der Waals surface area contributed by atoms with Crippen LogP contribution < -0.4 is 0 Å². The number of aromatic nitrogens is 1. The molecule has 9 aromatic rings. The first-order valence-corrected chi connectivity index (χ1v) is 13.5. The van der Waals surface area contributed by atoms with Crippen LogP contribution in [0.4, 0.5) is 0 Å². The highest BCUT2D eigenvalue weighted by molar-refractivity contribution is 7.27. The molecule has 0 aliphatic carbocycles. The molecule has 2 heterocycles. The highest BCUT2D eigenvalue weighted by atomic mass is 32.1. The summed E-state index contributed by atoms with van der Waals surface area (Å²) in [4.78, 5) is 0. The van der Waals surface area contributed by atoms with Gasteiger partial charge in [-0.25, -0.2) is 0 Å². The molecule has 1 nitrogen and oxygen atoms in total. The summed E-state index contributed by atoms with van der Waals surface area (Å²) < 4.78 is 38.7. The van der Waals surface area contributed by atoms with Gasteiger partial charge in [-0.05, 0) is 39.7 Å². The van der Waals surface area contributed by atoms with Crippen molar-refractivity contribution in [2.45, 2.75) is 0 Å². The van der Waals surface area contributed by atoms with E-state index in [1.54, 1.807) is 0 Å². The Kier molecular flexibility index (Phi) is 3.32. The van der Waals surface area contributed by atoms with Gasteiger partial charge in [-0.2, -0.15) is 0 Å². The molecular weight excluding hydrogens is 478 g/mol. The van der Waals surface area contributed by atoms with Gasteiger partial charge in [0.05, 0.1) is 16.5 Å². The Labute approximate surface area is 228 Å². The largest absolute Gasteiger partial charge is 0.308 e. The van der Waals surface area contributed by atoms with Gasteiger partial charge in [0, 0.05) is 47.4 Å². The molecule has 0 radical (unpaired) electrons. The van der Waals surface area contributed by atoms with Crippen LogP contribution in [0, 0.1) is 0 Å². The van der Waals surface area contributed by atoms with Crippen molar-refractivity contribution in [1.29, 1.82) is 0 Å². The summed E-state index contributed by atoms with van der Waals surface area (Å²) in [5.74, 6) is 0. The fourth-order valence-corrected chi connectivity index (χ4v) is 7.60. The molecule has 0 aliphatic rings. The Hall–Kier alpha value is -4.66. The maximum Gasteiger partial charge on any atom is 0.0638 e. The zero-order valence-electron chi connectivity index (χ0n) is 24.2. The zero-order chi connectivity index (χ0) is 28.3. The molecule has 0 N–H and O–H groups in total. The first-order chi connectivity index (χ1) is 20.6. The van der Waals surface area contributed by atoms with E-state index in [1.165, 1.54) is 22.1 Å². The molecule has 7 aromatic carbocycles. The standard InChI is InChI=1S/C36H21NS/c1-2-12-22(13-3-1)37-34-27-18-8-5-15-24(27)23-14-4-6-16-25(23)32(34)33-35(37)28-19-9-7-17-26(28)31-29-20-10-11-21-30(29)38-36(31)33/h1-21H/i10D,11D,20D,21D. The van der Waals surface area contributed by atoms with Crippen LogP contribution in [0.2, 0.25) is 0 Å². The lowest BCUT2D eigenvalue weighted by Gasteiger charge is -2.12. The highest BCUT2D eigenvalue weighted by Crippen LogP contribution is 2.50. The van der Waals surface area contributed by atoms with E-state index < -0.39 is 0 Å². The molecule has 0 saturated carbocycles. The van der Waals surface area contributed by atoms with E-state index >= 15 is 0 Å². The Balaban J connectivity index is 1.73. The van der Waals surface area contributed by atoms with Crippen molar-refractivity contribution in [2.75, 3.05) is 0 Å². The van der Waals surface area contributed by atoms with Crippen LogP contribution >= 0.6 is 11.3 Å². The molecule has 0 saturated heterocycles. The van der Waals surface area contributed by atoms with E-state index in [9.17, 15) is 0 Å². The van der Waals surface area contributed by atoms with Gasteiger partial charge in [0.25, 0.3) is 0 Å². The van der Waals surface area contributed by atoms with Crippen LogP contribution in [0.15, 0.2) is 127 Å². The van der Waals surface area contributed by atoms with Gasteiger partial charge in [0.2, 0.25) is 0 Å². The maximum absolute atomic E-state index is 8.96. The Morgan fingerprint density at radius 3 is 1.74 bits per heavy atom. The molecule has 0 bridgehead atoms. The van der Waals surface area contributed by atoms with E-state index in [4.69, 9.17) is 5.48 Å². The van der Waals surface area contributed by atoms with Gasteiger partial charge in [0.1, 0.15) is 0 Å². The van der Waals surface area contributed by atoms with Crippen molar-refractivity contribution in [2.24, 2.45) is 0 Å². The van der Waals surface area contributed by atoms with Crippen LogP contribution in [-0.4, -0.2) is 4.57 Å². The number of para-hydroxylation sites is 1. The Morgan fingerprint density at radius 1 is 0.474 bits per heavy atom. The molecular formula is C36H21NS. The van der Waals surface area contributed by atoms with E-state index in [2.05, 4.69) is 95.6 Å². The van der Waals surface area contributed by atoms with Crippen molar-refractivity contribution < 1.29 is 5.48 Å². The van der Waals surface area contributed by atoms with Gasteiger partial charge in [-0.1, -0.05) is 109 Å². The number of benzene rings is 7. The summed E-state index contributed by atoms with van der Waals surface area (Å²) in [6, 6.07) is 35.6. The third-order valence-corrected chi connectivity index (χ3v) is 8.99. The van der Waals surface area contributed by atoms with E-state index in [0.29, 0.717) is 10.1 Å². The molecule has 0 fully saturated rings. The van der Waals surface area contributed by atoms with Gasteiger partial charge in [0.15, 0.2) is 0 Å². The van der Waals surface area contributed by atoms with Crippen LogP contribution in [0.5, 0.6) is 0 Å². The molecule has 38 heavy (non-hydrogen) atoms. The quantitative estimate of drug-likeness (QED) is 0.196. The van der Waals surface area contributed by atoms with Crippen molar-refractivity contribution in [3.05, 3.63) is 127 Å².